The first-order valence-electron chi connectivity index (χ1n) is 11.5. The Morgan fingerprint density at radius 1 is 0.971 bits per heavy atom. The van der Waals surface area contributed by atoms with Crippen molar-refractivity contribution in [2.45, 2.75) is 59.1 Å². The molecule has 0 saturated heterocycles. The van der Waals surface area contributed by atoms with Gasteiger partial charge in [0.05, 0.1) is 5.56 Å². The van der Waals surface area contributed by atoms with Crippen molar-refractivity contribution in [2.24, 2.45) is 0 Å². The summed E-state index contributed by atoms with van der Waals surface area (Å²) in [5, 5.41) is 19.2. The summed E-state index contributed by atoms with van der Waals surface area (Å²) in [5.41, 5.74) is 1.35. The number of imidazole rings is 1. The highest BCUT2D eigenvalue weighted by atomic mass is 16.6. The lowest BCUT2D eigenvalue weighted by atomic mass is 9.98. The number of carbonyl (C=O) groups is 3. The second-order valence-corrected chi connectivity index (χ2v) is 9.27. The molecule has 0 saturated carbocycles. The van der Waals surface area contributed by atoms with Gasteiger partial charge in [0.15, 0.2) is 11.4 Å². The summed E-state index contributed by atoms with van der Waals surface area (Å²) in [7, 11) is 0. The number of rotatable bonds is 9. The van der Waals surface area contributed by atoms with E-state index in [2.05, 4.69) is 4.98 Å². The Kier molecular flexibility index (Phi) is 7.74. The third-order valence-electron chi connectivity index (χ3n) is 5.36. The standard InChI is InChI=1S/C27H30N2O6/c1-5-6-11-21-28-22(24(30)31)23(25(32)33)29(21)16-17-12-14-18(15-13-17)19-9-7-8-10-20(19)26(34)35-27(2,3)4/h7-10,12-15H,5-6,11,16H2,1-4H3,(H,30,31)(H,32,33). The van der Waals surface area contributed by atoms with Gasteiger partial charge in [0.1, 0.15) is 11.4 Å². The lowest BCUT2D eigenvalue weighted by Gasteiger charge is -2.20. The molecule has 2 aromatic carbocycles. The molecule has 0 aliphatic rings. The highest BCUT2D eigenvalue weighted by molar-refractivity contribution is 5.99. The number of ether oxygens (including phenoxy) is 1. The number of esters is 1. The van der Waals surface area contributed by atoms with Gasteiger partial charge in [0.2, 0.25) is 0 Å². The topological polar surface area (TPSA) is 119 Å². The van der Waals surface area contributed by atoms with E-state index in [-0.39, 0.29) is 12.2 Å². The molecule has 2 N–H and O–H groups in total. The molecule has 0 fully saturated rings. The minimum Gasteiger partial charge on any atom is -0.476 e. The van der Waals surface area contributed by atoms with Gasteiger partial charge in [0, 0.05) is 13.0 Å². The highest BCUT2D eigenvalue weighted by Crippen LogP contribution is 2.27. The quantitative estimate of drug-likeness (QED) is 0.401. The van der Waals surface area contributed by atoms with Crippen LogP contribution in [0.5, 0.6) is 0 Å². The van der Waals surface area contributed by atoms with Crippen LogP contribution in [0.4, 0.5) is 0 Å². The molecule has 0 aliphatic carbocycles. The zero-order valence-electron chi connectivity index (χ0n) is 20.4. The first-order valence-corrected chi connectivity index (χ1v) is 11.5. The molecule has 3 aromatic rings. The molecule has 0 amide bonds. The summed E-state index contributed by atoms with van der Waals surface area (Å²) in [4.78, 5) is 40.3. The average molecular weight is 479 g/mol. The van der Waals surface area contributed by atoms with Crippen molar-refractivity contribution in [3.05, 3.63) is 76.9 Å². The fraction of sp³-hybridized carbons (Fsp3) is 0.333. The SMILES string of the molecule is CCCCc1nc(C(=O)O)c(C(=O)O)n1Cc1ccc(-c2ccccc2C(=O)OC(C)(C)C)cc1. The van der Waals surface area contributed by atoms with E-state index in [1.807, 2.05) is 64.1 Å². The first-order chi connectivity index (χ1) is 16.5. The van der Waals surface area contributed by atoms with Crippen LogP contribution in [-0.4, -0.2) is 43.3 Å². The summed E-state index contributed by atoms with van der Waals surface area (Å²) in [6.07, 6.45) is 2.10. The molecule has 8 heteroatoms. The maximum absolute atomic E-state index is 12.7. The minimum atomic E-state index is -1.37. The van der Waals surface area contributed by atoms with Gasteiger partial charge in [-0.05, 0) is 49.9 Å². The molecule has 3 rings (SSSR count). The Morgan fingerprint density at radius 2 is 1.63 bits per heavy atom. The Bertz CT molecular complexity index is 1240. The Labute approximate surface area is 204 Å². The van der Waals surface area contributed by atoms with Crippen molar-refractivity contribution in [3.8, 4) is 11.1 Å². The number of carboxylic acid groups (broad SMARTS) is 2. The summed E-state index contributed by atoms with van der Waals surface area (Å²) >= 11 is 0. The number of nitrogens with zero attached hydrogens (tertiary/aromatic N) is 2. The number of aromatic nitrogens is 2. The maximum atomic E-state index is 12.7. The molecular formula is C27H30N2O6. The summed E-state index contributed by atoms with van der Waals surface area (Å²) < 4.78 is 7.00. The van der Waals surface area contributed by atoms with E-state index in [1.165, 1.54) is 4.57 Å². The molecule has 8 nitrogen and oxygen atoms in total. The van der Waals surface area contributed by atoms with Crippen LogP contribution >= 0.6 is 0 Å². The van der Waals surface area contributed by atoms with Crippen LogP contribution < -0.4 is 0 Å². The smallest absolute Gasteiger partial charge is 0.357 e. The Morgan fingerprint density at radius 3 is 2.20 bits per heavy atom. The van der Waals surface area contributed by atoms with Crippen LogP contribution in [0.15, 0.2) is 48.5 Å². The van der Waals surface area contributed by atoms with Gasteiger partial charge in [-0.1, -0.05) is 55.8 Å². The van der Waals surface area contributed by atoms with Crippen molar-refractivity contribution < 1.29 is 29.3 Å². The second-order valence-electron chi connectivity index (χ2n) is 9.27. The number of hydrogen-bond acceptors (Lipinski definition) is 5. The number of hydrogen-bond donors (Lipinski definition) is 2. The van der Waals surface area contributed by atoms with Gasteiger partial charge in [0.25, 0.3) is 0 Å². The lowest BCUT2D eigenvalue weighted by molar-refractivity contribution is 0.00700. The van der Waals surface area contributed by atoms with E-state index in [4.69, 9.17) is 4.74 Å². The Balaban J connectivity index is 1.95. The third-order valence-corrected chi connectivity index (χ3v) is 5.36. The monoisotopic (exact) mass is 478 g/mol. The number of unbranched alkanes of at least 4 members (excludes halogenated alkanes) is 1. The maximum Gasteiger partial charge on any atom is 0.357 e. The fourth-order valence-electron chi connectivity index (χ4n) is 3.78. The zero-order chi connectivity index (χ0) is 25.8. The van der Waals surface area contributed by atoms with Gasteiger partial charge in [-0.3, -0.25) is 0 Å². The average Bonchev–Trinajstić information content (AvgIpc) is 3.15. The lowest BCUT2D eigenvalue weighted by Crippen LogP contribution is -2.24. The molecule has 0 unspecified atom stereocenters. The van der Waals surface area contributed by atoms with Crippen LogP contribution in [0.25, 0.3) is 11.1 Å². The van der Waals surface area contributed by atoms with Gasteiger partial charge in [-0.2, -0.15) is 0 Å². The predicted octanol–water partition coefficient (Wildman–Crippen LogP) is 5.29. The van der Waals surface area contributed by atoms with Crippen LogP contribution in [-0.2, 0) is 17.7 Å². The van der Waals surface area contributed by atoms with Crippen molar-refractivity contribution in [3.63, 3.8) is 0 Å². The van der Waals surface area contributed by atoms with Crippen molar-refractivity contribution in [2.75, 3.05) is 0 Å². The number of aryl methyl sites for hydroxylation is 1. The molecule has 184 valence electrons. The van der Waals surface area contributed by atoms with Crippen LogP contribution in [0.3, 0.4) is 0 Å². The third kappa shape index (κ3) is 6.15. The van der Waals surface area contributed by atoms with Crippen molar-refractivity contribution in [1.29, 1.82) is 0 Å². The van der Waals surface area contributed by atoms with Gasteiger partial charge in [-0.15, -0.1) is 0 Å². The summed E-state index contributed by atoms with van der Waals surface area (Å²) in [6.45, 7) is 7.60. The number of aromatic carboxylic acids is 2. The predicted molar refractivity (Wildman–Crippen MR) is 131 cm³/mol. The highest BCUT2D eigenvalue weighted by Gasteiger charge is 2.27. The van der Waals surface area contributed by atoms with Gasteiger partial charge >= 0.3 is 17.9 Å². The van der Waals surface area contributed by atoms with E-state index in [0.717, 1.165) is 29.5 Å². The Hall–Kier alpha value is -3.94. The van der Waals surface area contributed by atoms with Crippen LogP contribution in [0.1, 0.15) is 83.3 Å². The zero-order valence-corrected chi connectivity index (χ0v) is 20.4. The van der Waals surface area contributed by atoms with Gasteiger partial charge in [-0.25, -0.2) is 19.4 Å². The fourth-order valence-corrected chi connectivity index (χ4v) is 3.78. The van der Waals surface area contributed by atoms with E-state index in [9.17, 15) is 24.6 Å². The molecule has 1 aromatic heterocycles. The molecule has 0 bridgehead atoms. The molecule has 0 spiro atoms. The number of carboxylic acids is 2. The molecule has 35 heavy (non-hydrogen) atoms. The van der Waals surface area contributed by atoms with Crippen LogP contribution in [0, 0.1) is 0 Å². The van der Waals surface area contributed by atoms with Gasteiger partial charge < -0.3 is 19.5 Å². The normalized spacial score (nSPS) is 11.3. The van der Waals surface area contributed by atoms with E-state index >= 15 is 0 Å². The molecule has 1 heterocycles. The number of benzene rings is 2. The minimum absolute atomic E-state index is 0.162. The van der Waals surface area contributed by atoms with E-state index in [1.54, 1.807) is 12.1 Å². The second kappa shape index (κ2) is 10.5. The largest absolute Gasteiger partial charge is 0.476 e. The molecule has 0 radical (unpaired) electrons. The van der Waals surface area contributed by atoms with E-state index < -0.39 is 29.2 Å². The van der Waals surface area contributed by atoms with E-state index in [0.29, 0.717) is 17.8 Å². The summed E-state index contributed by atoms with van der Waals surface area (Å²) in [6, 6.07) is 14.5. The first kappa shape index (κ1) is 25.7. The number of carbonyl (C=O) groups excluding carboxylic acids is 1. The molecule has 0 aliphatic heterocycles. The van der Waals surface area contributed by atoms with Crippen molar-refractivity contribution in [1.82, 2.24) is 9.55 Å². The van der Waals surface area contributed by atoms with Crippen LogP contribution in [0.2, 0.25) is 0 Å². The molecule has 0 atom stereocenters. The molecular weight excluding hydrogens is 448 g/mol. The van der Waals surface area contributed by atoms with Crippen molar-refractivity contribution >= 4 is 17.9 Å². The summed E-state index contributed by atoms with van der Waals surface area (Å²) in [5.74, 6) is -2.68.